The molecule has 0 radical (unpaired) electrons. The fourth-order valence-electron chi connectivity index (χ4n) is 3.30. The Labute approximate surface area is 143 Å². The molecule has 23 heavy (non-hydrogen) atoms. The molecule has 1 aromatic rings. The summed E-state index contributed by atoms with van der Waals surface area (Å²) in [7, 11) is 0. The van der Waals surface area contributed by atoms with Gasteiger partial charge in [-0.2, -0.15) is 11.8 Å². The largest absolute Gasteiger partial charge is 0.371 e. The molecule has 1 unspecified atom stereocenters. The van der Waals surface area contributed by atoms with E-state index in [2.05, 4.69) is 27.7 Å². The van der Waals surface area contributed by atoms with Gasteiger partial charge in [-0.25, -0.2) is 0 Å². The van der Waals surface area contributed by atoms with E-state index >= 15 is 0 Å². The predicted octanol–water partition coefficient (Wildman–Crippen LogP) is 3.10. The molecule has 4 nitrogen and oxygen atoms in total. The molecule has 2 aliphatic heterocycles. The van der Waals surface area contributed by atoms with Gasteiger partial charge in [-0.05, 0) is 31.0 Å². The number of amides is 1. The van der Waals surface area contributed by atoms with E-state index in [9.17, 15) is 4.79 Å². The van der Waals surface area contributed by atoms with Crippen LogP contribution in [-0.4, -0.2) is 43.1 Å². The maximum atomic E-state index is 12.2. The summed E-state index contributed by atoms with van der Waals surface area (Å²) >= 11 is 1.93. The lowest BCUT2D eigenvalue weighted by atomic mass is 10.2. The van der Waals surface area contributed by atoms with Crippen LogP contribution in [0.4, 0.5) is 11.4 Å². The van der Waals surface area contributed by atoms with Gasteiger partial charge in [-0.1, -0.05) is 18.9 Å². The quantitative estimate of drug-likeness (QED) is 0.889. The minimum Gasteiger partial charge on any atom is -0.371 e. The molecule has 0 aliphatic carbocycles. The number of thioether (sulfide) groups is 1. The second-order valence-electron chi connectivity index (χ2n) is 6.43. The Morgan fingerprint density at radius 1 is 1.26 bits per heavy atom. The number of nitrogens with one attached hydrogen (secondary N) is 2. The summed E-state index contributed by atoms with van der Waals surface area (Å²) in [6.07, 6.45) is 5.75. The summed E-state index contributed by atoms with van der Waals surface area (Å²) in [6, 6.07) is 8.61. The van der Waals surface area contributed by atoms with E-state index in [4.69, 9.17) is 0 Å². The van der Waals surface area contributed by atoms with Gasteiger partial charge in [-0.3, -0.25) is 4.79 Å². The number of hydrogen-bond donors (Lipinski definition) is 2. The average Bonchev–Trinajstić information content (AvgIpc) is 2.85. The van der Waals surface area contributed by atoms with E-state index in [1.807, 2.05) is 23.9 Å². The molecule has 2 saturated heterocycles. The van der Waals surface area contributed by atoms with Gasteiger partial charge < -0.3 is 15.5 Å². The Kier molecular flexibility index (Phi) is 6.22. The Hall–Kier alpha value is -1.20. The number of carbonyl (C=O) groups excluding carboxylic acids is 1. The fourth-order valence-corrected chi connectivity index (χ4v) is 4.24. The zero-order chi connectivity index (χ0) is 15.9. The molecule has 1 atom stereocenters. The lowest BCUT2D eigenvalue weighted by Crippen LogP contribution is -2.39. The third kappa shape index (κ3) is 5.15. The third-order valence-corrected chi connectivity index (χ3v) is 5.66. The average molecular weight is 334 g/mol. The van der Waals surface area contributed by atoms with Gasteiger partial charge in [0.05, 0.1) is 0 Å². The standard InChI is InChI=1S/C18H27N3OS/c22-18(13-16-14-23-11-8-19-16)20-15-6-5-7-17(12-15)21-9-3-1-2-4-10-21/h5-7,12,16,19H,1-4,8-11,13-14H2,(H,20,22). The molecule has 0 saturated carbocycles. The number of benzene rings is 1. The number of nitrogens with zero attached hydrogens (tertiary/aromatic N) is 1. The second-order valence-corrected chi connectivity index (χ2v) is 7.58. The van der Waals surface area contributed by atoms with Gasteiger partial charge in [0, 0.05) is 55.0 Å². The fraction of sp³-hybridized carbons (Fsp3) is 0.611. The summed E-state index contributed by atoms with van der Waals surface area (Å²) in [5, 5.41) is 6.49. The Balaban J connectivity index is 1.57. The number of anilines is 2. The molecule has 0 aromatic heterocycles. The van der Waals surface area contributed by atoms with E-state index < -0.39 is 0 Å². The van der Waals surface area contributed by atoms with Crippen LogP contribution < -0.4 is 15.5 Å². The summed E-state index contributed by atoms with van der Waals surface area (Å²) in [6.45, 7) is 3.26. The minimum atomic E-state index is 0.109. The summed E-state index contributed by atoms with van der Waals surface area (Å²) in [5.41, 5.74) is 2.15. The van der Waals surface area contributed by atoms with Crippen LogP contribution in [0.25, 0.3) is 0 Å². The Morgan fingerprint density at radius 2 is 2.09 bits per heavy atom. The smallest absolute Gasteiger partial charge is 0.225 e. The summed E-state index contributed by atoms with van der Waals surface area (Å²) < 4.78 is 0. The summed E-state index contributed by atoms with van der Waals surface area (Å²) in [5.74, 6) is 2.29. The van der Waals surface area contributed by atoms with Crippen LogP contribution in [0.5, 0.6) is 0 Å². The van der Waals surface area contributed by atoms with Gasteiger partial charge in [0.2, 0.25) is 5.91 Å². The molecule has 5 heteroatoms. The normalized spacial score (nSPS) is 22.4. The van der Waals surface area contributed by atoms with Crippen LogP contribution in [0.3, 0.4) is 0 Å². The molecule has 1 amide bonds. The highest BCUT2D eigenvalue weighted by molar-refractivity contribution is 7.99. The van der Waals surface area contributed by atoms with Crippen molar-refractivity contribution >= 4 is 29.0 Å². The van der Waals surface area contributed by atoms with E-state index in [1.165, 1.54) is 31.4 Å². The second kappa shape index (κ2) is 8.60. The Bertz CT molecular complexity index is 509. The molecule has 2 aliphatic rings. The molecule has 2 fully saturated rings. The molecule has 0 spiro atoms. The lowest BCUT2D eigenvalue weighted by molar-refractivity contribution is -0.116. The van der Waals surface area contributed by atoms with E-state index in [0.29, 0.717) is 12.5 Å². The van der Waals surface area contributed by atoms with Crippen molar-refractivity contribution in [2.75, 3.05) is 41.4 Å². The SMILES string of the molecule is O=C(CC1CSCCN1)Nc1cccc(N2CCCCCC2)c1. The van der Waals surface area contributed by atoms with Crippen LogP contribution in [-0.2, 0) is 4.79 Å². The molecule has 1 aromatic carbocycles. The zero-order valence-corrected chi connectivity index (χ0v) is 14.5. The van der Waals surface area contributed by atoms with Gasteiger partial charge in [0.25, 0.3) is 0 Å². The predicted molar refractivity (Wildman–Crippen MR) is 99.5 cm³/mol. The molecule has 2 N–H and O–H groups in total. The van der Waals surface area contributed by atoms with Gasteiger partial charge >= 0.3 is 0 Å². The van der Waals surface area contributed by atoms with Gasteiger partial charge in [-0.15, -0.1) is 0 Å². The van der Waals surface area contributed by atoms with Crippen molar-refractivity contribution in [1.82, 2.24) is 5.32 Å². The molecule has 3 rings (SSSR count). The first-order chi connectivity index (χ1) is 11.3. The van der Waals surface area contributed by atoms with Crippen molar-refractivity contribution in [3.63, 3.8) is 0 Å². The Morgan fingerprint density at radius 3 is 2.83 bits per heavy atom. The first kappa shape index (κ1) is 16.7. The monoisotopic (exact) mass is 333 g/mol. The first-order valence-corrected chi connectivity index (χ1v) is 9.93. The van der Waals surface area contributed by atoms with E-state index in [0.717, 1.165) is 36.8 Å². The van der Waals surface area contributed by atoms with Crippen LogP contribution in [0.15, 0.2) is 24.3 Å². The van der Waals surface area contributed by atoms with Crippen LogP contribution in [0.1, 0.15) is 32.1 Å². The van der Waals surface area contributed by atoms with Crippen LogP contribution >= 0.6 is 11.8 Å². The van der Waals surface area contributed by atoms with Crippen molar-refractivity contribution < 1.29 is 4.79 Å². The van der Waals surface area contributed by atoms with Crippen molar-refractivity contribution in [3.05, 3.63) is 24.3 Å². The van der Waals surface area contributed by atoms with Gasteiger partial charge in [0.1, 0.15) is 0 Å². The molecule has 2 heterocycles. The van der Waals surface area contributed by atoms with Crippen molar-refractivity contribution in [1.29, 1.82) is 0 Å². The zero-order valence-electron chi connectivity index (χ0n) is 13.7. The van der Waals surface area contributed by atoms with Gasteiger partial charge in [0.15, 0.2) is 0 Å². The number of carbonyl (C=O) groups is 1. The van der Waals surface area contributed by atoms with Crippen molar-refractivity contribution in [3.8, 4) is 0 Å². The first-order valence-electron chi connectivity index (χ1n) is 8.77. The molecular formula is C18H27N3OS. The van der Waals surface area contributed by atoms with Crippen molar-refractivity contribution in [2.45, 2.75) is 38.1 Å². The van der Waals surface area contributed by atoms with E-state index in [1.54, 1.807) is 0 Å². The number of hydrogen-bond acceptors (Lipinski definition) is 4. The molecule has 126 valence electrons. The highest BCUT2D eigenvalue weighted by Gasteiger charge is 2.17. The minimum absolute atomic E-state index is 0.109. The lowest BCUT2D eigenvalue weighted by Gasteiger charge is -2.24. The molecular weight excluding hydrogens is 306 g/mol. The topological polar surface area (TPSA) is 44.4 Å². The highest BCUT2D eigenvalue weighted by Crippen LogP contribution is 2.23. The summed E-state index contributed by atoms with van der Waals surface area (Å²) in [4.78, 5) is 14.7. The van der Waals surface area contributed by atoms with E-state index in [-0.39, 0.29) is 5.91 Å². The number of rotatable bonds is 4. The maximum absolute atomic E-state index is 12.2. The van der Waals surface area contributed by atoms with Crippen LogP contribution in [0.2, 0.25) is 0 Å². The van der Waals surface area contributed by atoms with Crippen LogP contribution in [0, 0.1) is 0 Å². The molecule has 0 bridgehead atoms. The van der Waals surface area contributed by atoms with Crippen molar-refractivity contribution in [2.24, 2.45) is 0 Å². The highest BCUT2D eigenvalue weighted by atomic mass is 32.2. The maximum Gasteiger partial charge on any atom is 0.225 e. The third-order valence-electron chi connectivity index (χ3n) is 4.53.